The van der Waals surface area contributed by atoms with E-state index in [9.17, 15) is 20.0 Å². The van der Waals surface area contributed by atoms with Gasteiger partial charge in [0.1, 0.15) is 5.69 Å². The third kappa shape index (κ3) is 3.29. The largest absolute Gasteiger partial charge is 0.388 e. The number of nitro benzene ring substituents is 1. The van der Waals surface area contributed by atoms with Gasteiger partial charge in [-0.2, -0.15) is 0 Å². The van der Waals surface area contributed by atoms with Gasteiger partial charge in [-0.05, 0) is 44.2 Å². The maximum Gasteiger partial charge on any atom is 0.293 e. The van der Waals surface area contributed by atoms with Gasteiger partial charge in [-0.25, -0.2) is 0 Å². The molecule has 0 spiro atoms. The van der Waals surface area contributed by atoms with E-state index in [1.54, 1.807) is 12.1 Å². The summed E-state index contributed by atoms with van der Waals surface area (Å²) in [5.74, 6) is -0.388. The molecule has 0 unspecified atom stereocenters. The Morgan fingerprint density at radius 1 is 1.30 bits per heavy atom. The molecule has 0 atom stereocenters. The van der Waals surface area contributed by atoms with Crippen LogP contribution in [0.4, 0.5) is 11.4 Å². The maximum absolute atomic E-state index is 12.2. The minimum atomic E-state index is -0.808. The Hall–Kier alpha value is -2.15. The second-order valence-corrected chi connectivity index (χ2v) is 6.42. The van der Waals surface area contributed by atoms with Crippen LogP contribution in [-0.4, -0.2) is 41.2 Å². The van der Waals surface area contributed by atoms with Crippen molar-refractivity contribution < 1.29 is 14.8 Å². The highest BCUT2D eigenvalue weighted by molar-refractivity contribution is 5.95. The molecule has 0 bridgehead atoms. The first-order valence-corrected chi connectivity index (χ1v) is 8.02. The molecule has 3 rings (SSSR count). The van der Waals surface area contributed by atoms with E-state index < -0.39 is 10.5 Å². The van der Waals surface area contributed by atoms with Gasteiger partial charge >= 0.3 is 0 Å². The molecule has 0 radical (unpaired) electrons. The molecular formula is C16H21N3O4. The van der Waals surface area contributed by atoms with Gasteiger partial charge in [-0.15, -0.1) is 0 Å². The van der Waals surface area contributed by atoms with Crippen molar-refractivity contribution in [3.05, 3.63) is 33.9 Å². The van der Waals surface area contributed by atoms with E-state index in [1.165, 1.54) is 6.07 Å². The van der Waals surface area contributed by atoms with Crippen LogP contribution in [0.3, 0.4) is 0 Å². The zero-order valence-electron chi connectivity index (χ0n) is 13.0. The predicted molar refractivity (Wildman–Crippen MR) is 85.7 cm³/mol. The van der Waals surface area contributed by atoms with Gasteiger partial charge in [-0.3, -0.25) is 14.9 Å². The second kappa shape index (κ2) is 6.16. The van der Waals surface area contributed by atoms with Crippen LogP contribution >= 0.6 is 0 Å². The quantitative estimate of drug-likeness (QED) is 0.638. The van der Waals surface area contributed by atoms with Crippen LogP contribution < -0.4 is 10.2 Å². The van der Waals surface area contributed by atoms with Crippen molar-refractivity contribution >= 4 is 17.3 Å². The smallest absolute Gasteiger partial charge is 0.293 e. The van der Waals surface area contributed by atoms with E-state index in [1.807, 2.05) is 4.90 Å². The SMILES string of the molecule is O=C(NCC1(O)CCC1)c1ccc(N2CCCC2)c([N+](=O)[O-])c1. The van der Waals surface area contributed by atoms with Crippen molar-refractivity contribution in [1.82, 2.24) is 5.32 Å². The Balaban J connectivity index is 1.75. The van der Waals surface area contributed by atoms with Crippen LogP contribution in [0.25, 0.3) is 0 Å². The summed E-state index contributed by atoms with van der Waals surface area (Å²) in [5, 5.41) is 24.0. The molecule has 1 saturated heterocycles. The van der Waals surface area contributed by atoms with Crippen LogP contribution in [0.5, 0.6) is 0 Å². The molecule has 1 aromatic rings. The molecule has 2 aliphatic rings. The van der Waals surface area contributed by atoms with Crippen molar-refractivity contribution in [2.75, 3.05) is 24.5 Å². The number of aliphatic hydroxyl groups is 1. The van der Waals surface area contributed by atoms with Gasteiger partial charge in [-0.1, -0.05) is 0 Å². The molecule has 124 valence electrons. The highest BCUT2D eigenvalue weighted by Crippen LogP contribution is 2.32. The minimum absolute atomic E-state index is 0.0399. The summed E-state index contributed by atoms with van der Waals surface area (Å²) in [6, 6.07) is 4.59. The lowest BCUT2D eigenvalue weighted by Gasteiger charge is -2.36. The molecule has 1 aliphatic heterocycles. The lowest BCUT2D eigenvalue weighted by Crippen LogP contribution is -2.47. The number of hydrogen-bond acceptors (Lipinski definition) is 5. The summed E-state index contributed by atoms with van der Waals surface area (Å²) >= 11 is 0. The molecule has 1 amide bonds. The van der Waals surface area contributed by atoms with Crippen molar-refractivity contribution in [2.45, 2.75) is 37.7 Å². The van der Waals surface area contributed by atoms with Crippen molar-refractivity contribution in [2.24, 2.45) is 0 Å². The van der Waals surface area contributed by atoms with Crippen molar-refractivity contribution in [3.63, 3.8) is 0 Å². The van der Waals surface area contributed by atoms with E-state index in [0.717, 1.165) is 32.4 Å². The average molecular weight is 319 g/mol. The van der Waals surface area contributed by atoms with Crippen LogP contribution in [0.2, 0.25) is 0 Å². The van der Waals surface area contributed by atoms with Crippen LogP contribution in [0.1, 0.15) is 42.5 Å². The Morgan fingerprint density at radius 2 is 2.00 bits per heavy atom. The van der Waals surface area contributed by atoms with Gasteiger partial charge in [0.25, 0.3) is 11.6 Å². The fraction of sp³-hybridized carbons (Fsp3) is 0.562. The molecule has 23 heavy (non-hydrogen) atoms. The average Bonchev–Trinajstić information content (AvgIpc) is 3.04. The zero-order chi connectivity index (χ0) is 16.4. The van der Waals surface area contributed by atoms with Crippen molar-refractivity contribution in [1.29, 1.82) is 0 Å². The number of carbonyl (C=O) groups excluding carboxylic acids is 1. The Labute approximate surface area is 134 Å². The molecular weight excluding hydrogens is 298 g/mol. The number of hydrogen-bond donors (Lipinski definition) is 2. The van der Waals surface area contributed by atoms with Gasteiger partial charge < -0.3 is 15.3 Å². The van der Waals surface area contributed by atoms with Gasteiger partial charge in [0.05, 0.1) is 10.5 Å². The first-order valence-electron chi connectivity index (χ1n) is 8.02. The standard InChI is InChI=1S/C16H21N3O4/c20-15(17-11-16(21)6-3-7-16)12-4-5-13(14(10-12)19(22)23)18-8-1-2-9-18/h4-5,10,21H,1-3,6-9,11H2,(H,17,20). The van der Waals surface area contributed by atoms with Crippen LogP contribution in [0, 0.1) is 10.1 Å². The first-order chi connectivity index (χ1) is 11.0. The molecule has 1 heterocycles. The number of nitro groups is 1. The summed E-state index contributed by atoms with van der Waals surface area (Å²) < 4.78 is 0. The fourth-order valence-electron chi connectivity index (χ4n) is 3.14. The third-order valence-electron chi connectivity index (χ3n) is 4.74. The lowest BCUT2D eigenvalue weighted by molar-refractivity contribution is -0.384. The lowest BCUT2D eigenvalue weighted by atomic mass is 9.80. The predicted octanol–water partition coefficient (Wildman–Crippen LogP) is 1.84. The fourth-order valence-corrected chi connectivity index (χ4v) is 3.14. The molecule has 7 nitrogen and oxygen atoms in total. The molecule has 0 aromatic heterocycles. The zero-order valence-corrected chi connectivity index (χ0v) is 13.0. The van der Waals surface area contributed by atoms with E-state index >= 15 is 0 Å². The van der Waals surface area contributed by atoms with Gasteiger partial charge in [0.15, 0.2) is 0 Å². The molecule has 2 N–H and O–H groups in total. The third-order valence-corrected chi connectivity index (χ3v) is 4.74. The number of carbonyl (C=O) groups is 1. The summed E-state index contributed by atoms with van der Waals surface area (Å²) in [4.78, 5) is 25.1. The highest BCUT2D eigenvalue weighted by atomic mass is 16.6. The number of nitrogens with one attached hydrogen (secondary N) is 1. The van der Waals surface area contributed by atoms with Gasteiger partial charge in [0, 0.05) is 31.3 Å². The number of rotatable bonds is 5. The summed E-state index contributed by atoms with van der Waals surface area (Å²) in [6.45, 7) is 1.80. The Bertz CT molecular complexity index is 622. The highest BCUT2D eigenvalue weighted by Gasteiger charge is 2.34. The van der Waals surface area contributed by atoms with Crippen LogP contribution in [-0.2, 0) is 0 Å². The minimum Gasteiger partial charge on any atom is -0.388 e. The Kier molecular flexibility index (Phi) is 4.21. The topological polar surface area (TPSA) is 95.7 Å². The Morgan fingerprint density at radius 3 is 2.57 bits per heavy atom. The molecule has 2 fully saturated rings. The summed E-state index contributed by atoms with van der Waals surface area (Å²) in [7, 11) is 0. The van der Waals surface area contributed by atoms with Crippen LogP contribution in [0.15, 0.2) is 18.2 Å². The number of anilines is 1. The molecule has 7 heteroatoms. The summed E-state index contributed by atoms with van der Waals surface area (Å²) in [5.41, 5.74) is -0.0250. The van der Waals surface area contributed by atoms with Gasteiger partial charge in [0.2, 0.25) is 0 Å². The number of nitrogens with zero attached hydrogens (tertiary/aromatic N) is 2. The molecule has 1 aromatic carbocycles. The normalized spacial score (nSPS) is 19.3. The van der Waals surface area contributed by atoms with E-state index in [0.29, 0.717) is 18.5 Å². The first kappa shape index (κ1) is 15.7. The summed E-state index contributed by atoms with van der Waals surface area (Å²) in [6.07, 6.45) is 4.38. The monoisotopic (exact) mass is 319 g/mol. The number of benzene rings is 1. The second-order valence-electron chi connectivity index (χ2n) is 6.42. The number of amides is 1. The molecule has 1 saturated carbocycles. The molecule has 1 aliphatic carbocycles. The van der Waals surface area contributed by atoms with E-state index in [2.05, 4.69) is 5.32 Å². The van der Waals surface area contributed by atoms with E-state index in [-0.39, 0.29) is 23.7 Å². The maximum atomic E-state index is 12.2. The van der Waals surface area contributed by atoms with E-state index in [4.69, 9.17) is 0 Å². The van der Waals surface area contributed by atoms with Crippen molar-refractivity contribution in [3.8, 4) is 0 Å².